The Labute approximate surface area is 150 Å². The van der Waals surface area contributed by atoms with Gasteiger partial charge in [0.15, 0.2) is 0 Å². The van der Waals surface area contributed by atoms with Gasteiger partial charge in [0.1, 0.15) is 0 Å². The van der Waals surface area contributed by atoms with E-state index in [1.54, 1.807) is 18.2 Å². The summed E-state index contributed by atoms with van der Waals surface area (Å²) in [6, 6.07) is 13.4. The van der Waals surface area contributed by atoms with Crippen molar-refractivity contribution in [3.8, 4) is 0 Å². The number of hydrogen-bond donors (Lipinski definition) is 1. The number of hydrogen-bond acceptors (Lipinski definition) is 1. The van der Waals surface area contributed by atoms with E-state index in [1.165, 1.54) is 24.5 Å². The summed E-state index contributed by atoms with van der Waals surface area (Å²) < 4.78 is 0.902. The van der Waals surface area contributed by atoms with Crippen LogP contribution in [-0.4, -0.2) is 5.91 Å². The van der Waals surface area contributed by atoms with Crippen molar-refractivity contribution < 1.29 is 4.79 Å². The maximum atomic E-state index is 12.0. The van der Waals surface area contributed by atoms with Gasteiger partial charge < -0.3 is 5.32 Å². The van der Waals surface area contributed by atoms with Gasteiger partial charge >= 0.3 is 0 Å². The minimum atomic E-state index is -0.165. The summed E-state index contributed by atoms with van der Waals surface area (Å²) in [5.74, 6) is -0.165. The van der Waals surface area contributed by atoms with Gasteiger partial charge in [0.25, 0.3) is 0 Å². The molecule has 120 valence electrons. The van der Waals surface area contributed by atoms with E-state index in [2.05, 4.69) is 40.3 Å². The first-order valence-corrected chi connectivity index (χ1v) is 8.78. The summed E-state index contributed by atoms with van der Waals surface area (Å²) in [6.45, 7) is 2.18. The zero-order valence-electron chi connectivity index (χ0n) is 13.0. The lowest BCUT2D eigenvalue weighted by atomic mass is 10.1. The van der Waals surface area contributed by atoms with Gasteiger partial charge in [-0.3, -0.25) is 4.79 Å². The van der Waals surface area contributed by atoms with Crippen LogP contribution in [0.15, 0.2) is 53.0 Å². The topological polar surface area (TPSA) is 29.1 Å². The molecule has 2 aromatic rings. The number of carbonyl (C=O) groups is 1. The molecule has 2 rings (SSSR count). The maximum absolute atomic E-state index is 12.0. The molecule has 0 aromatic heterocycles. The molecule has 1 amide bonds. The SMILES string of the molecule is CCCCc1ccc(NC(=O)/C=C/c2ccc(Cl)cc2)c(Br)c1. The van der Waals surface area contributed by atoms with Crippen LogP contribution in [0.3, 0.4) is 0 Å². The molecule has 2 nitrogen and oxygen atoms in total. The van der Waals surface area contributed by atoms with Gasteiger partial charge in [-0.15, -0.1) is 0 Å². The second-order valence-electron chi connectivity index (χ2n) is 5.29. The molecule has 2 aromatic carbocycles. The van der Waals surface area contributed by atoms with Crippen molar-refractivity contribution in [2.75, 3.05) is 5.32 Å². The van der Waals surface area contributed by atoms with Crippen molar-refractivity contribution in [3.63, 3.8) is 0 Å². The van der Waals surface area contributed by atoms with Crippen molar-refractivity contribution in [1.82, 2.24) is 0 Å². The number of amides is 1. The fraction of sp³-hybridized carbons (Fsp3) is 0.211. The number of nitrogens with one attached hydrogen (secondary N) is 1. The number of rotatable bonds is 6. The fourth-order valence-corrected chi connectivity index (χ4v) is 2.77. The van der Waals surface area contributed by atoms with Gasteiger partial charge in [-0.25, -0.2) is 0 Å². The lowest BCUT2D eigenvalue weighted by molar-refractivity contribution is -0.111. The Bertz CT molecular complexity index is 695. The molecule has 0 fully saturated rings. The van der Waals surface area contributed by atoms with E-state index < -0.39 is 0 Å². The van der Waals surface area contributed by atoms with Crippen LogP contribution in [0.1, 0.15) is 30.9 Å². The first-order valence-electron chi connectivity index (χ1n) is 7.61. The molecule has 0 atom stereocenters. The molecule has 0 radical (unpaired) electrons. The Hall–Kier alpha value is -1.58. The highest BCUT2D eigenvalue weighted by atomic mass is 79.9. The van der Waals surface area contributed by atoms with E-state index in [1.807, 2.05) is 18.2 Å². The van der Waals surface area contributed by atoms with Crippen molar-refractivity contribution in [2.24, 2.45) is 0 Å². The number of halogens is 2. The highest BCUT2D eigenvalue weighted by Crippen LogP contribution is 2.24. The van der Waals surface area contributed by atoms with E-state index in [4.69, 9.17) is 11.6 Å². The van der Waals surface area contributed by atoms with Crippen LogP contribution < -0.4 is 5.32 Å². The van der Waals surface area contributed by atoms with Crippen LogP contribution in [0.2, 0.25) is 5.02 Å². The third-order valence-electron chi connectivity index (χ3n) is 3.41. The molecular formula is C19H19BrClNO. The number of aryl methyl sites for hydroxylation is 1. The first-order chi connectivity index (χ1) is 11.1. The minimum Gasteiger partial charge on any atom is -0.321 e. The molecule has 0 heterocycles. The lowest BCUT2D eigenvalue weighted by Crippen LogP contribution is -2.08. The average Bonchev–Trinajstić information content (AvgIpc) is 2.54. The number of unbranched alkanes of at least 4 members (excludes halogenated alkanes) is 1. The summed E-state index contributed by atoms with van der Waals surface area (Å²) in [5.41, 5.74) is 2.97. The van der Waals surface area contributed by atoms with Crippen molar-refractivity contribution in [3.05, 3.63) is 69.2 Å². The summed E-state index contributed by atoms with van der Waals surface area (Å²) >= 11 is 9.35. The molecule has 0 aliphatic rings. The molecule has 0 saturated heterocycles. The van der Waals surface area contributed by atoms with Crippen LogP contribution in [-0.2, 0) is 11.2 Å². The number of anilines is 1. The fourth-order valence-electron chi connectivity index (χ4n) is 2.12. The molecule has 0 unspecified atom stereocenters. The molecule has 0 spiro atoms. The van der Waals surface area contributed by atoms with E-state index >= 15 is 0 Å². The largest absolute Gasteiger partial charge is 0.321 e. The molecule has 1 N–H and O–H groups in total. The van der Waals surface area contributed by atoms with Gasteiger partial charge in [0.05, 0.1) is 5.69 Å². The second kappa shape index (κ2) is 8.90. The predicted octanol–water partition coefficient (Wildman–Crippen LogP) is 6.10. The Kier molecular flexibility index (Phi) is 6.87. The average molecular weight is 393 g/mol. The first kappa shape index (κ1) is 17.8. The summed E-state index contributed by atoms with van der Waals surface area (Å²) in [7, 11) is 0. The smallest absolute Gasteiger partial charge is 0.248 e. The number of carbonyl (C=O) groups excluding carboxylic acids is 1. The minimum absolute atomic E-state index is 0.165. The number of benzene rings is 2. The second-order valence-corrected chi connectivity index (χ2v) is 6.58. The van der Waals surface area contributed by atoms with E-state index in [0.29, 0.717) is 5.02 Å². The maximum Gasteiger partial charge on any atom is 0.248 e. The van der Waals surface area contributed by atoms with Gasteiger partial charge in [0.2, 0.25) is 5.91 Å². The zero-order chi connectivity index (χ0) is 16.7. The van der Waals surface area contributed by atoms with Crippen LogP contribution in [0.5, 0.6) is 0 Å². The third kappa shape index (κ3) is 5.85. The van der Waals surface area contributed by atoms with Crippen molar-refractivity contribution in [2.45, 2.75) is 26.2 Å². The Morgan fingerprint density at radius 1 is 1.22 bits per heavy atom. The third-order valence-corrected chi connectivity index (χ3v) is 4.32. The molecule has 0 aliphatic heterocycles. The zero-order valence-corrected chi connectivity index (χ0v) is 15.3. The highest BCUT2D eigenvalue weighted by Gasteiger charge is 2.04. The summed E-state index contributed by atoms with van der Waals surface area (Å²) in [4.78, 5) is 12.0. The van der Waals surface area contributed by atoms with E-state index in [9.17, 15) is 4.79 Å². The van der Waals surface area contributed by atoms with Crippen LogP contribution in [0.4, 0.5) is 5.69 Å². The Balaban J connectivity index is 1.98. The molecule has 0 aliphatic carbocycles. The van der Waals surface area contributed by atoms with Crippen LogP contribution in [0.25, 0.3) is 6.08 Å². The Morgan fingerprint density at radius 3 is 2.61 bits per heavy atom. The van der Waals surface area contributed by atoms with Crippen LogP contribution in [0, 0.1) is 0 Å². The van der Waals surface area contributed by atoms with Crippen molar-refractivity contribution >= 4 is 45.2 Å². The van der Waals surface area contributed by atoms with Crippen molar-refractivity contribution in [1.29, 1.82) is 0 Å². The molecule has 0 bridgehead atoms. The van der Waals surface area contributed by atoms with Gasteiger partial charge in [-0.05, 0) is 70.2 Å². The van der Waals surface area contributed by atoms with Gasteiger partial charge in [-0.2, -0.15) is 0 Å². The monoisotopic (exact) mass is 391 g/mol. The highest BCUT2D eigenvalue weighted by molar-refractivity contribution is 9.10. The lowest BCUT2D eigenvalue weighted by Gasteiger charge is -2.07. The Morgan fingerprint density at radius 2 is 1.96 bits per heavy atom. The van der Waals surface area contributed by atoms with Crippen LogP contribution >= 0.6 is 27.5 Å². The quantitative estimate of drug-likeness (QED) is 0.591. The normalized spacial score (nSPS) is 10.9. The predicted molar refractivity (Wildman–Crippen MR) is 102 cm³/mol. The van der Waals surface area contributed by atoms with Gasteiger partial charge in [-0.1, -0.05) is 43.1 Å². The summed E-state index contributed by atoms with van der Waals surface area (Å²) in [5, 5.41) is 3.56. The summed E-state index contributed by atoms with van der Waals surface area (Å²) in [6.07, 6.45) is 6.67. The molecular weight excluding hydrogens is 374 g/mol. The molecule has 23 heavy (non-hydrogen) atoms. The van der Waals surface area contributed by atoms with Gasteiger partial charge in [0, 0.05) is 15.6 Å². The standard InChI is InChI=1S/C19H19BrClNO/c1-2-3-4-15-7-11-18(17(20)13-15)22-19(23)12-8-14-5-9-16(21)10-6-14/h5-13H,2-4H2,1H3,(H,22,23)/b12-8+. The molecule has 0 saturated carbocycles. The van der Waals surface area contributed by atoms with E-state index in [0.717, 1.165) is 22.1 Å². The van der Waals surface area contributed by atoms with E-state index in [-0.39, 0.29) is 5.91 Å². The molecule has 4 heteroatoms.